The molecule has 0 bridgehead atoms. The molecule has 0 saturated carbocycles. The highest BCUT2D eigenvalue weighted by molar-refractivity contribution is 5.79. The molecule has 0 fully saturated rings. The molecule has 0 aliphatic rings. The van der Waals surface area contributed by atoms with E-state index in [0.717, 1.165) is 23.0 Å². The average Bonchev–Trinajstić information content (AvgIpc) is 3.23. The maximum absolute atomic E-state index is 6.06. The number of ether oxygens (including phenoxy) is 1. The highest BCUT2D eigenvalue weighted by Crippen LogP contribution is 2.22. The van der Waals surface area contributed by atoms with Gasteiger partial charge in [0, 0.05) is 38.1 Å². The summed E-state index contributed by atoms with van der Waals surface area (Å²) in [6, 6.07) is 18.3. The number of rotatable bonds is 6. The van der Waals surface area contributed by atoms with Crippen LogP contribution in [0.4, 0.5) is 0 Å². The molecule has 152 valence electrons. The summed E-state index contributed by atoms with van der Waals surface area (Å²) in [5.74, 6) is 1.63. The minimum atomic E-state index is -0.238. The molecule has 2 N–H and O–H groups in total. The van der Waals surface area contributed by atoms with Crippen molar-refractivity contribution in [3.8, 4) is 11.4 Å². The summed E-state index contributed by atoms with van der Waals surface area (Å²) in [6.45, 7) is 7.46. The van der Waals surface area contributed by atoms with Gasteiger partial charge in [0.15, 0.2) is 5.96 Å². The van der Waals surface area contributed by atoms with Gasteiger partial charge in [0.2, 0.25) is 0 Å². The second-order valence-electron chi connectivity index (χ2n) is 7.72. The Morgan fingerprint density at radius 3 is 2.38 bits per heavy atom. The molecule has 0 aliphatic carbocycles. The monoisotopic (exact) mass is 391 g/mol. The summed E-state index contributed by atoms with van der Waals surface area (Å²) in [7, 11) is 1.77. The fourth-order valence-corrected chi connectivity index (χ4v) is 2.85. The Balaban J connectivity index is 1.55. The molecule has 3 rings (SSSR count). The molecule has 0 unspecified atom stereocenters. The number of aliphatic imine (C=N–C) groups is 1. The average molecular weight is 392 g/mol. The van der Waals surface area contributed by atoms with Crippen molar-refractivity contribution in [3.63, 3.8) is 0 Å². The smallest absolute Gasteiger partial charge is 0.191 e. The number of guanidine groups is 1. The third kappa shape index (κ3) is 6.10. The lowest BCUT2D eigenvalue weighted by Gasteiger charge is -2.23. The minimum Gasteiger partial charge on any atom is -0.488 e. The normalized spacial score (nSPS) is 11.9. The Morgan fingerprint density at radius 2 is 1.72 bits per heavy atom. The van der Waals surface area contributed by atoms with Crippen LogP contribution in [0.2, 0.25) is 0 Å². The van der Waals surface area contributed by atoms with Gasteiger partial charge in [-0.15, -0.1) is 0 Å². The van der Waals surface area contributed by atoms with Crippen molar-refractivity contribution in [1.29, 1.82) is 0 Å². The zero-order chi connectivity index (χ0) is 20.7. The second kappa shape index (κ2) is 9.28. The molecule has 3 aromatic rings. The van der Waals surface area contributed by atoms with Gasteiger partial charge in [-0.2, -0.15) is 5.10 Å². The van der Waals surface area contributed by atoms with Crippen LogP contribution >= 0.6 is 0 Å². The van der Waals surface area contributed by atoms with E-state index in [-0.39, 0.29) is 5.60 Å². The van der Waals surface area contributed by atoms with Crippen LogP contribution in [0.15, 0.2) is 72.0 Å². The predicted octanol–water partition coefficient (Wildman–Crippen LogP) is 3.91. The van der Waals surface area contributed by atoms with Crippen molar-refractivity contribution in [3.05, 3.63) is 78.1 Å². The van der Waals surface area contributed by atoms with Crippen LogP contribution in [-0.4, -0.2) is 28.4 Å². The number of hydrogen-bond donors (Lipinski definition) is 2. The van der Waals surface area contributed by atoms with Crippen molar-refractivity contribution in [2.45, 2.75) is 39.5 Å². The first-order valence-corrected chi connectivity index (χ1v) is 9.75. The van der Waals surface area contributed by atoms with E-state index >= 15 is 0 Å². The van der Waals surface area contributed by atoms with Gasteiger partial charge in [-0.1, -0.05) is 30.3 Å². The van der Waals surface area contributed by atoms with E-state index in [0.29, 0.717) is 13.1 Å². The van der Waals surface area contributed by atoms with E-state index in [1.165, 1.54) is 5.56 Å². The van der Waals surface area contributed by atoms with E-state index in [1.54, 1.807) is 13.2 Å². The Hall–Kier alpha value is -3.28. The fourth-order valence-electron chi connectivity index (χ4n) is 2.85. The maximum Gasteiger partial charge on any atom is 0.191 e. The molecule has 0 saturated heterocycles. The van der Waals surface area contributed by atoms with Gasteiger partial charge in [-0.05, 0) is 50.6 Å². The molecule has 6 heteroatoms. The van der Waals surface area contributed by atoms with Crippen molar-refractivity contribution >= 4 is 5.96 Å². The number of aromatic nitrogens is 2. The molecule has 1 heterocycles. The Bertz CT molecular complexity index is 925. The zero-order valence-corrected chi connectivity index (χ0v) is 17.5. The summed E-state index contributed by atoms with van der Waals surface area (Å²) in [4.78, 5) is 4.32. The lowest BCUT2D eigenvalue weighted by atomic mass is 10.1. The van der Waals surface area contributed by atoms with E-state index in [1.807, 2.05) is 35.1 Å². The summed E-state index contributed by atoms with van der Waals surface area (Å²) < 4.78 is 7.90. The first-order chi connectivity index (χ1) is 13.9. The number of nitrogens with one attached hydrogen (secondary N) is 2. The standard InChI is InChI=1S/C23H29N5O/c1-23(2,3)29-21-9-6-5-8-19(21)17-26-22(24-4)25-16-18-10-12-20(13-11-18)28-15-7-14-27-28/h5-15H,16-17H2,1-4H3,(H2,24,25,26). The van der Waals surface area contributed by atoms with Crippen LogP contribution in [-0.2, 0) is 13.1 Å². The maximum atomic E-state index is 6.06. The fraction of sp³-hybridized carbons (Fsp3) is 0.304. The summed E-state index contributed by atoms with van der Waals surface area (Å²) in [6.07, 6.45) is 3.70. The summed E-state index contributed by atoms with van der Waals surface area (Å²) in [5.41, 5.74) is 3.06. The lowest BCUT2D eigenvalue weighted by Crippen LogP contribution is -2.36. The first kappa shape index (κ1) is 20.5. The molecule has 2 aromatic carbocycles. The molecular formula is C23H29N5O. The Kier molecular flexibility index (Phi) is 6.54. The molecular weight excluding hydrogens is 362 g/mol. The van der Waals surface area contributed by atoms with E-state index in [9.17, 15) is 0 Å². The van der Waals surface area contributed by atoms with Crippen LogP contribution in [0.3, 0.4) is 0 Å². The van der Waals surface area contributed by atoms with Crippen LogP contribution in [0, 0.1) is 0 Å². The van der Waals surface area contributed by atoms with Crippen molar-refractivity contribution in [2.75, 3.05) is 7.05 Å². The second-order valence-corrected chi connectivity index (χ2v) is 7.72. The lowest BCUT2D eigenvalue weighted by molar-refractivity contribution is 0.129. The molecule has 29 heavy (non-hydrogen) atoms. The summed E-state index contributed by atoms with van der Waals surface area (Å²) in [5, 5.41) is 11.0. The van der Waals surface area contributed by atoms with Crippen molar-refractivity contribution in [2.24, 2.45) is 4.99 Å². The molecule has 6 nitrogen and oxygen atoms in total. The zero-order valence-electron chi connectivity index (χ0n) is 17.5. The third-order valence-electron chi connectivity index (χ3n) is 4.22. The Morgan fingerprint density at radius 1 is 1.00 bits per heavy atom. The van der Waals surface area contributed by atoms with Crippen molar-refractivity contribution < 1.29 is 4.74 Å². The van der Waals surface area contributed by atoms with Gasteiger partial charge in [-0.3, -0.25) is 4.99 Å². The number of hydrogen-bond acceptors (Lipinski definition) is 3. The summed E-state index contributed by atoms with van der Waals surface area (Å²) >= 11 is 0. The minimum absolute atomic E-state index is 0.238. The van der Waals surface area contributed by atoms with Crippen molar-refractivity contribution in [1.82, 2.24) is 20.4 Å². The van der Waals surface area contributed by atoms with Crippen LogP contribution < -0.4 is 15.4 Å². The quantitative estimate of drug-likeness (QED) is 0.494. The van der Waals surface area contributed by atoms with Gasteiger partial charge in [0.05, 0.1) is 5.69 Å². The van der Waals surface area contributed by atoms with E-state index in [2.05, 4.69) is 71.8 Å². The highest BCUT2D eigenvalue weighted by Gasteiger charge is 2.14. The Labute approximate surface area is 172 Å². The number of para-hydroxylation sites is 1. The SMILES string of the molecule is CN=C(NCc1ccc(-n2cccn2)cc1)NCc1ccccc1OC(C)(C)C. The predicted molar refractivity (Wildman–Crippen MR) is 117 cm³/mol. The molecule has 0 atom stereocenters. The van der Waals surface area contributed by atoms with E-state index < -0.39 is 0 Å². The first-order valence-electron chi connectivity index (χ1n) is 9.75. The molecule has 0 radical (unpaired) electrons. The molecule has 0 spiro atoms. The van der Waals surface area contributed by atoms with Gasteiger partial charge < -0.3 is 15.4 Å². The topological polar surface area (TPSA) is 63.5 Å². The van der Waals surface area contributed by atoms with E-state index in [4.69, 9.17) is 4.74 Å². The molecule has 0 amide bonds. The largest absolute Gasteiger partial charge is 0.488 e. The molecule has 0 aliphatic heterocycles. The number of benzene rings is 2. The third-order valence-corrected chi connectivity index (χ3v) is 4.22. The van der Waals surface area contributed by atoms with Gasteiger partial charge in [-0.25, -0.2) is 4.68 Å². The van der Waals surface area contributed by atoms with Crippen LogP contribution in [0.1, 0.15) is 31.9 Å². The number of nitrogens with zero attached hydrogens (tertiary/aromatic N) is 3. The molecule has 1 aromatic heterocycles. The van der Waals surface area contributed by atoms with Crippen LogP contribution in [0.5, 0.6) is 5.75 Å². The van der Waals surface area contributed by atoms with Crippen LogP contribution in [0.25, 0.3) is 5.69 Å². The van der Waals surface area contributed by atoms with Gasteiger partial charge in [0.1, 0.15) is 11.4 Å². The van der Waals surface area contributed by atoms with Gasteiger partial charge >= 0.3 is 0 Å². The van der Waals surface area contributed by atoms with Gasteiger partial charge in [0.25, 0.3) is 0 Å². The highest BCUT2D eigenvalue weighted by atomic mass is 16.5.